The lowest BCUT2D eigenvalue weighted by Gasteiger charge is -2.24. The summed E-state index contributed by atoms with van der Waals surface area (Å²) in [4.78, 5) is 0. The van der Waals surface area contributed by atoms with Gasteiger partial charge in [-0.05, 0) is 74.2 Å². The smallest absolute Gasteiger partial charge is 0.126 e. The first-order chi connectivity index (χ1) is 8.67. The average Bonchev–Trinajstić information content (AvgIpc) is 2.97. The van der Waals surface area contributed by atoms with E-state index in [0.717, 1.165) is 11.8 Å². The van der Waals surface area contributed by atoms with Gasteiger partial charge in [-0.3, -0.25) is 0 Å². The summed E-state index contributed by atoms with van der Waals surface area (Å²) in [7, 11) is 1.92. The zero-order valence-electron chi connectivity index (χ0n) is 10.6. The third kappa shape index (κ3) is 2.28. The van der Waals surface area contributed by atoms with Gasteiger partial charge in [-0.1, -0.05) is 0 Å². The summed E-state index contributed by atoms with van der Waals surface area (Å²) in [5.74, 6) is 1.82. The van der Waals surface area contributed by atoms with Crippen molar-refractivity contribution in [2.45, 2.75) is 31.7 Å². The molecule has 3 rings (SSSR count). The molecule has 18 heavy (non-hydrogen) atoms. The molecule has 0 radical (unpaired) electrons. The van der Waals surface area contributed by atoms with Crippen LogP contribution in [0.5, 0.6) is 0 Å². The molecule has 3 heteroatoms. The predicted molar refractivity (Wildman–Crippen MR) is 67.2 cm³/mol. The molecule has 0 spiro atoms. The molecule has 2 aliphatic rings. The van der Waals surface area contributed by atoms with Crippen LogP contribution in [-0.4, -0.2) is 13.1 Å². The number of rotatable bonds is 4. The van der Waals surface area contributed by atoms with Gasteiger partial charge in [-0.25, -0.2) is 8.78 Å². The molecule has 1 N–H and O–H groups in total. The van der Waals surface area contributed by atoms with Crippen LogP contribution in [0.25, 0.3) is 0 Å². The highest BCUT2D eigenvalue weighted by atomic mass is 19.1. The van der Waals surface area contributed by atoms with Gasteiger partial charge in [0, 0.05) is 6.04 Å². The number of halogens is 2. The van der Waals surface area contributed by atoms with Crippen molar-refractivity contribution < 1.29 is 8.78 Å². The molecule has 0 saturated heterocycles. The SMILES string of the molecule is CNC(Cc1cc(F)ccc1F)C1CC2CC2C1. The van der Waals surface area contributed by atoms with Crippen LogP contribution in [0.2, 0.25) is 0 Å². The van der Waals surface area contributed by atoms with E-state index in [0.29, 0.717) is 17.9 Å². The maximum absolute atomic E-state index is 13.6. The minimum atomic E-state index is -0.351. The minimum absolute atomic E-state index is 0.272. The van der Waals surface area contributed by atoms with E-state index in [9.17, 15) is 8.78 Å². The lowest BCUT2D eigenvalue weighted by atomic mass is 9.89. The molecule has 3 unspecified atom stereocenters. The van der Waals surface area contributed by atoms with Gasteiger partial charge in [-0.15, -0.1) is 0 Å². The van der Waals surface area contributed by atoms with E-state index in [2.05, 4.69) is 5.32 Å². The molecule has 0 amide bonds. The van der Waals surface area contributed by atoms with Crippen LogP contribution in [0.4, 0.5) is 8.78 Å². The van der Waals surface area contributed by atoms with Crippen LogP contribution in [0, 0.1) is 29.4 Å². The van der Waals surface area contributed by atoms with E-state index in [4.69, 9.17) is 0 Å². The molecule has 0 aliphatic heterocycles. The fraction of sp³-hybridized carbons (Fsp3) is 0.600. The molecule has 0 bridgehead atoms. The lowest BCUT2D eigenvalue weighted by molar-refractivity contribution is 0.346. The lowest BCUT2D eigenvalue weighted by Crippen LogP contribution is -2.35. The third-order valence-corrected chi connectivity index (χ3v) is 4.67. The van der Waals surface area contributed by atoms with Gasteiger partial charge in [0.05, 0.1) is 0 Å². The molecule has 1 aromatic carbocycles. The van der Waals surface area contributed by atoms with Crippen molar-refractivity contribution in [2.75, 3.05) is 7.05 Å². The first-order valence-corrected chi connectivity index (χ1v) is 6.78. The molecule has 2 aliphatic carbocycles. The van der Waals surface area contributed by atoms with Crippen molar-refractivity contribution in [3.05, 3.63) is 35.4 Å². The molecule has 0 aromatic heterocycles. The van der Waals surface area contributed by atoms with Crippen LogP contribution in [-0.2, 0) is 6.42 Å². The van der Waals surface area contributed by atoms with E-state index in [1.807, 2.05) is 7.05 Å². The molecular formula is C15H19F2N. The summed E-state index contributed by atoms with van der Waals surface area (Å²) < 4.78 is 26.8. The zero-order chi connectivity index (χ0) is 12.7. The Bertz CT molecular complexity index is 436. The minimum Gasteiger partial charge on any atom is -0.316 e. The molecule has 0 heterocycles. The Morgan fingerprint density at radius 2 is 1.94 bits per heavy atom. The first kappa shape index (κ1) is 12.1. The Hall–Kier alpha value is -0.960. The molecule has 98 valence electrons. The highest BCUT2D eigenvalue weighted by Crippen LogP contribution is 2.55. The maximum atomic E-state index is 13.6. The Kier molecular flexibility index (Phi) is 3.10. The quantitative estimate of drug-likeness (QED) is 0.867. The summed E-state index contributed by atoms with van der Waals surface area (Å²) in [6.45, 7) is 0. The van der Waals surface area contributed by atoms with Crippen molar-refractivity contribution in [3.63, 3.8) is 0 Å². The summed E-state index contributed by atoms with van der Waals surface area (Å²) in [6, 6.07) is 4.01. The number of benzene rings is 1. The summed E-state index contributed by atoms with van der Waals surface area (Å²) in [6.07, 6.45) is 4.49. The van der Waals surface area contributed by atoms with Crippen LogP contribution < -0.4 is 5.32 Å². The second-order valence-corrected chi connectivity index (χ2v) is 5.82. The standard InChI is InChI=1S/C15H19F2N/c1-18-15(12-5-9-4-10(9)6-12)8-11-7-13(16)2-3-14(11)17/h2-3,7,9-10,12,15,18H,4-6,8H2,1H3. The fourth-order valence-electron chi connectivity index (χ4n) is 3.53. The number of fused-ring (bicyclic) bond motifs is 1. The van der Waals surface area contributed by atoms with Crippen molar-refractivity contribution in [3.8, 4) is 0 Å². The predicted octanol–water partition coefficient (Wildman–Crippen LogP) is 3.14. The van der Waals surface area contributed by atoms with Gasteiger partial charge in [0.15, 0.2) is 0 Å². The van der Waals surface area contributed by atoms with Crippen molar-refractivity contribution in [2.24, 2.45) is 17.8 Å². The normalized spacial score (nSPS) is 31.2. The molecule has 3 atom stereocenters. The van der Waals surface area contributed by atoms with Crippen molar-refractivity contribution in [1.29, 1.82) is 0 Å². The van der Waals surface area contributed by atoms with Gasteiger partial charge < -0.3 is 5.32 Å². The second kappa shape index (κ2) is 4.61. The summed E-state index contributed by atoms with van der Waals surface area (Å²) in [5.41, 5.74) is 0.495. The third-order valence-electron chi connectivity index (χ3n) is 4.67. The number of likely N-dealkylation sites (N-methyl/N-ethyl adjacent to an activating group) is 1. The van der Waals surface area contributed by atoms with E-state index >= 15 is 0 Å². The first-order valence-electron chi connectivity index (χ1n) is 6.78. The summed E-state index contributed by atoms with van der Waals surface area (Å²) in [5, 5.41) is 3.29. The average molecular weight is 251 g/mol. The Morgan fingerprint density at radius 1 is 1.22 bits per heavy atom. The van der Waals surface area contributed by atoms with Crippen molar-refractivity contribution >= 4 is 0 Å². The monoisotopic (exact) mass is 251 g/mol. The van der Waals surface area contributed by atoms with Gasteiger partial charge in [0.2, 0.25) is 0 Å². The Morgan fingerprint density at radius 3 is 2.61 bits per heavy atom. The second-order valence-electron chi connectivity index (χ2n) is 5.82. The fourth-order valence-corrected chi connectivity index (χ4v) is 3.53. The number of hydrogen-bond acceptors (Lipinski definition) is 1. The van der Waals surface area contributed by atoms with E-state index in [1.54, 1.807) is 0 Å². The van der Waals surface area contributed by atoms with Gasteiger partial charge in [-0.2, -0.15) is 0 Å². The highest BCUT2D eigenvalue weighted by Gasteiger charge is 2.47. The van der Waals surface area contributed by atoms with Gasteiger partial charge in [0.1, 0.15) is 11.6 Å². The zero-order valence-corrected chi connectivity index (χ0v) is 10.6. The summed E-state index contributed by atoms with van der Waals surface area (Å²) >= 11 is 0. The van der Waals surface area contributed by atoms with Crippen LogP contribution in [0.1, 0.15) is 24.8 Å². The molecule has 1 nitrogen and oxygen atoms in total. The Balaban J connectivity index is 1.70. The maximum Gasteiger partial charge on any atom is 0.126 e. The molecule has 1 aromatic rings. The van der Waals surface area contributed by atoms with Crippen LogP contribution in [0.3, 0.4) is 0 Å². The van der Waals surface area contributed by atoms with Gasteiger partial charge >= 0.3 is 0 Å². The van der Waals surface area contributed by atoms with E-state index < -0.39 is 0 Å². The van der Waals surface area contributed by atoms with Crippen LogP contribution in [0.15, 0.2) is 18.2 Å². The van der Waals surface area contributed by atoms with E-state index in [1.165, 1.54) is 37.5 Å². The molecule has 2 saturated carbocycles. The number of nitrogens with one attached hydrogen (secondary N) is 1. The van der Waals surface area contributed by atoms with Crippen LogP contribution >= 0.6 is 0 Å². The Labute approximate surface area is 107 Å². The van der Waals surface area contributed by atoms with Gasteiger partial charge in [0.25, 0.3) is 0 Å². The largest absolute Gasteiger partial charge is 0.316 e. The topological polar surface area (TPSA) is 12.0 Å². The highest BCUT2D eigenvalue weighted by molar-refractivity contribution is 5.20. The van der Waals surface area contributed by atoms with E-state index in [-0.39, 0.29) is 17.7 Å². The van der Waals surface area contributed by atoms with Crippen molar-refractivity contribution in [1.82, 2.24) is 5.32 Å². The molecular weight excluding hydrogens is 232 g/mol. The number of hydrogen-bond donors (Lipinski definition) is 1. The molecule has 2 fully saturated rings.